The standard InChI is InChI=1S/C12H17N3O5S/c1-12-3-2-9(17)15(12)7(6-21-12)11(20)14(4-8(13)16)5-10(18)19/h7H,2-6H2,1H3,(H2,13,16)(H,18,19). The molecular formula is C12H17N3O5S. The molecule has 0 aromatic rings. The quantitative estimate of drug-likeness (QED) is 0.660. The molecule has 21 heavy (non-hydrogen) atoms. The molecule has 2 heterocycles. The first kappa shape index (κ1) is 15.6. The van der Waals surface area contributed by atoms with Crippen LogP contribution in [-0.4, -0.2) is 68.4 Å². The molecule has 0 aromatic carbocycles. The van der Waals surface area contributed by atoms with Gasteiger partial charge in [-0.1, -0.05) is 0 Å². The minimum Gasteiger partial charge on any atom is -0.480 e. The first-order chi connectivity index (χ1) is 9.74. The zero-order chi connectivity index (χ0) is 15.8. The number of fused-ring (bicyclic) bond motifs is 1. The van der Waals surface area contributed by atoms with Crippen LogP contribution in [0.5, 0.6) is 0 Å². The summed E-state index contributed by atoms with van der Waals surface area (Å²) in [5.74, 6) is -2.27. The van der Waals surface area contributed by atoms with E-state index in [1.54, 1.807) is 0 Å². The Bertz CT molecular complexity index is 495. The highest BCUT2D eigenvalue weighted by molar-refractivity contribution is 8.01. The van der Waals surface area contributed by atoms with Crippen LogP contribution in [0.15, 0.2) is 0 Å². The summed E-state index contributed by atoms with van der Waals surface area (Å²) in [5.41, 5.74) is 5.05. The number of rotatable bonds is 5. The Morgan fingerprint density at radius 1 is 1.48 bits per heavy atom. The molecule has 2 saturated heterocycles. The van der Waals surface area contributed by atoms with Crippen LogP contribution in [-0.2, 0) is 19.2 Å². The summed E-state index contributed by atoms with van der Waals surface area (Å²) in [5, 5.41) is 8.85. The number of carboxylic acids is 1. The molecule has 2 atom stereocenters. The number of carbonyl (C=O) groups excluding carboxylic acids is 3. The lowest BCUT2D eigenvalue weighted by molar-refractivity contribution is -0.149. The number of aliphatic carboxylic acids is 1. The minimum atomic E-state index is -1.23. The molecule has 0 spiro atoms. The molecule has 3 amide bonds. The van der Waals surface area contributed by atoms with Crippen molar-refractivity contribution in [3.8, 4) is 0 Å². The molecule has 0 aliphatic carbocycles. The van der Waals surface area contributed by atoms with E-state index in [4.69, 9.17) is 10.8 Å². The summed E-state index contributed by atoms with van der Waals surface area (Å²) in [4.78, 5) is 48.3. The highest BCUT2D eigenvalue weighted by atomic mass is 32.2. The van der Waals surface area contributed by atoms with Gasteiger partial charge in [0.2, 0.25) is 17.7 Å². The summed E-state index contributed by atoms with van der Waals surface area (Å²) in [7, 11) is 0. The lowest BCUT2D eigenvalue weighted by Gasteiger charge is -2.32. The van der Waals surface area contributed by atoms with Gasteiger partial charge in [0, 0.05) is 12.2 Å². The Morgan fingerprint density at radius 3 is 2.71 bits per heavy atom. The zero-order valence-corrected chi connectivity index (χ0v) is 12.4. The van der Waals surface area contributed by atoms with Crippen LogP contribution in [0.3, 0.4) is 0 Å². The maximum atomic E-state index is 12.5. The molecule has 2 fully saturated rings. The van der Waals surface area contributed by atoms with E-state index in [9.17, 15) is 19.2 Å². The van der Waals surface area contributed by atoms with E-state index >= 15 is 0 Å². The molecule has 2 rings (SSSR count). The lowest BCUT2D eigenvalue weighted by Crippen LogP contribution is -2.53. The van der Waals surface area contributed by atoms with E-state index < -0.39 is 41.8 Å². The number of hydrogen-bond donors (Lipinski definition) is 2. The molecule has 116 valence electrons. The summed E-state index contributed by atoms with van der Waals surface area (Å²) >= 11 is 1.50. The van der Waals surface area contributed by atoms with Gasteiger partial charge < -0.3 is 20.6 Å². The normalized spacial score (nSPS) is 27.6. The van der Waals surface area contributed by atoms with Gasteiger partial charge in [0.25, 0.3) is 0 Å². The maximum Gasteiger partial charge on any atom is 0.323 e. The molecule has 2 aliphatic heterocycles. The van der Waals surface area contributed by atoms with E-state index in [0.29, 0.717) is 18.6 Å². The van der Waals surface area contributed by atoms with Gasteiger partial charge >= 0.3 is 5.97 Å². The van der Waals surface area contributed by atoms with Crippen molar-refractivity contribution in [2.24, 2.45) is 5.73 Å². The van der Waals surface area contributed by atoms with Gasteiger partial charge in [-0.05, 0) is 13.3 Å². The van der Waals surface area contributed by atoms with Gasteiger partial charge in [-0.15, -0.1) is 11.8 Å². The number of carboxylic acid groups (broad SMARTS) is 1. The van der Waals surface area contributed by atoms with Crippen molar-refractivity contribution in [3.05, 3.63) is 0 Å². The van der Waals surface area contributed by atoms with Gasteiger partial charge in [-0.25, -0.2) is 0 Å². The van der Waals surface area contributed by atoms with Crippen LogP contribution >= 0.6 is 11.8 Å². The van der Waals surface area contributed by atoms with E-state index in [2.05, 4.69) is 0 Å². The number of hydrogen-bond acceptors (Lipinski definition) is 5. The van der Waals surface area contributed by atoms with Crippen molar-refractivity contribution in [2.45, 2.75) is 30.7 Å². The SMILES string of the molecule is CC12CCC(=O)N1C(C(=O)N(CC(N)=O)CC(=O)O)CS2. The highest BCUT2D eigenvalue weighted by Gasteiger charge is 2.53. The summed E-state index contributed by atoms with van der Waals surface area (Å²) < 4.78 is 0. The Balaban J connectivity index is 2.18. The summed E-state index contributed by atoms with van der Waals surface area (Å²) in [6.45, 7) is 0.818. The Kier molecular flexibility index (Phi) is 4.13. The summed E-state index contributed by atoms with van der Waals surface area (Å²) in [6, 6.07) is -0.728. The third kappa shape index (κ3) is 2.97. The molecule has 0 aromatic heterocycles. The van der Waals surface area contributed by atoms with Gasteiger partial charge in [0.1, 0.15) is 19.1 Å². The Labute approximate surface area is 125 Å². The molecule has 9 heteroatoms. The van der Waals surface area contributed by atoms with Crippen LogP contribution in [0.25, 0.3) is 0 Å². The first-order valence-corrected chi connectivity index (χ1v) is 7.48. The van der Waals surface area contributed by atoms with Crippen molar-refractivity contribution in [2.75, 3.05) is 18.8 Å². The van der Waals surface area contributed by atoms with Gasteiger partial charge in [-0.3, -0.25) is 19.2 Å². The van der Waals surface area contributed by atoms with Crippen LogP contribution in [0.4, 0.5) is 0 Å². The Hall–Kier alpha value is -1.77. The second-order valence-electron chi connectivity index (χ2n) is 5.32. The smallest absolute Gasteiger partial charge is 0.323 e. The fourth-order valence-electron chi connectivity index (χ4n) is 2.78. The van der Waals surface area contributed by atoms with E-state index in [1.807, 2.05) is 6.92 Å². The predicted molar refractivity (Wildman–Crippen MR) is 74.1 cm³/mol. The second kappa shape index (κ2) is 5.55. The zero-order valence-electron chi connectivity index (χ0n) is 11.6. The second-order valence-corrected chi connectivity index (χ2v) is 6.82. The summed E-state index contributed by atoms with van der Waals surface area (Å²) in [6.07, 6.45) is 1.04. The molecule has 0 radical (unpaired) electrons. The van der Waals surface area contributed by atoms with Crippen LogP contribution in [0.2, 0.25) is 0 Å². The van der Waals surface area contributed by atoms with Gasteiger partial charge in [0.05, 0.1) is 4.87 Å². The molecule has 8 nitrogen and oxygen atoms in total. The molecule has 2 unspecified atom stereocenters. The third-order valence-corrected chi connectivity index (χ3v) is 5.22. The van der Waals surface area contributed by atoms with Crippen LogP contribution in [0, 0.1) is 0 Å². The topological polar surface area (TPSA) is 121 Å². The lowest BCUT2D eigenvalue weighted by atomic mass is 10.2. The average Bonchev–Trinajstić information content (AvgIpc) is 2.84. The first-order valence-electron chi connectivity index (χ1n) is 6.49. The number of nitrogens with two attached hydrogens (primary N) is 1. The number of amides is 3. The van der Waals surface area contributed by atoms with E-state index in [0.717, 1.165) is 4.90 Å². The Morgan fingerprint density at radius 2 is 2.14 bits per heavy atom. The fourth-order valence-corrected chi connectivity index (χ4v) is 4.20. The molecule has 0 saturated carbocycles. The highest BCUT2D eigenvalue weighted by Crippen LogP contribution is 2.47. The predicted octanol–water partition coefficient (Wildman–Crippen LogP) is -1.16. The molecule has 2 aliphatic rings. The van der Waals surface area contributed by atoms with Gasteiger partial charge in [-0.2, -0.15) is 0 Å². The minimum absolute atomic E-state index is 0.116. The average molecular weight is 315 g/mol. The van der Waals surface area contributed by atoms with Crippen molar-refractivity contribution in [1.29, 1.82) is 0 Å². The van der Waals surface area contributed by atoms with Crippen molar-refractivity contribution in [1.82, 2.24) is 9.80 Å². The number of nitrogens with zero attached hydrogens (tertiary/aromatic N) is 2. The molecule has 0 bridgehead atoms. The van der Waals surface area contributed by atoms with Crippen LogP contribution in [0.1, 0.15) is 19.8 Å². The number of primary amides is 1. The third-order valence-electron chi connectivity index (χ3n) is 3.71. The molecule has 3 N–H and O–H groups in total. The van der Waals surface area contributed by atoms with Crippen molar-refractivity contribution >= 4 is 35.5 Å². The fraction of sp³-hybridized carbons (Fsp3) is 0.667. The van der Waals surface area contributed by atoms with Crippen molar-refractivity contribution in [3.63, 3.8) is 0 Å². The number of thioether (sulfide) groups is 1. The van der Waals surface area contributed by atoms with Crippen LogP contribution < -0.4 is 5.73 Å². The largest absolute Gasteiger partial charge is 0.480 e. The van der Waals surface area contributed by atoms with E-state index in [-0.39, 0.29) is 5.91 Å². The monoisotopic (exact) mass is 315 g/mol. The maximum absolute atomic E-state index is 12.5. The van der Waals surface area contributed by atoms with Crippen molar-refractivity contribution < 1.29 is 24.3 Å². The van der Waals surface area contributed by atoms with E-state index in [1.165, 1.54) is 16.7 Å². The van der Waals surface area contributed by atoms with Gasteiger partial charge in [0.15, 0.2) is 0 Å². The molecular weight excluding hydrogens is 298 g/mol. The number of carbonyl (C=O) groups is 4.